The SMILES string of the molecule is CC(C)(CNCc1ncc[nH]1)N1CCCCC1. The smallest absolute Gasteiger partial charge is 0.120 e. The molecule has 2 rings (SSSR count). The normalized spacial score (nSPS) is 18.5. The number of rotatable bonds is 5. The highest BCUT2D eigenvalue weighted by atomic mass is 15.2. The van der Waals surface area contributed by atoms with E-state index in [0.29, 0.717) is 0 Å². The summed E-state index contributed by atoms with van der Waals surface area (Å²) in [5.74, 6) is 1.01. The van der Waals surface area contributed by atoms with Crippen molar-refractivity contribution < 1.29 is 0 Å². The Morgan fingerprint density at radius 1 is 1.35 bits per heavy atom. The number of hydrogen-bond donors (Lipinski definition) is 2. The summed E-state index contributed by atoms with van der Waals surface area (Å²) in [6.45, 7) is 8.98. The van der Waals surface area contributed by atoms with Crippen molar-refractivity contribution in [3.63, 3.8) is 0 Å². The van der Waals surface area contributed by atoms with E-state index in [2.05, 4.69) is 34.0 Å². The number of aromatic nitrogens is 2. The third kappa shape index (κ3) is 3.54. The number of nitrogens with one attached hydrogen (secondary N) is 2. The van der Waals surface area contributed by atoms with Crippen LogP contribution in [-0.2, 0) is 6.54 Å². The van der Waals surface area contributed by atoms with Crippen LogP contribution >= 0.6 is 0 Å². The molecular weight excluding hydrogens is 212 g/mol. The summed E-state index contributed by atoms with van der Waals surface area (Å²) in [4.78, 5) is 9.94. The molecule has 0 unspecified atom stereocenters. The van der Waals surface area contributed by atoms with Gasteiger partial charge in [-0.25, -0.2) is 4.98 Å². The Morgan fingerprint density at radius 2 is 2.12 bits per heavy atom. The van der Waals surface area contributed by atoms with Gasteiger partial charge in [0.1, 0.15) is 5.82 Å². The van der Waals surface area contributed by atoms with Gasteiger partial charge in [0, 0.05) is 24.5 Å². The lowest BCUT2D eigenvalue weighted by molar-refractivity contribution is 0.0941. The highest BCUT2D eigenvalue weighted by Gasteiger charge is 2.27. The van der Waals surface area contributed by atoms with Gasteiger partial charge in [-0.2, -0.15) is 0 Å². The molecular formula is C13H24N4. The van der Waals surface area contributed by atoms with Gasteiger partial charge < -0.3 is 10.3 Å². The van der Waals surface area contributed by atoms with E-state index in [0.717, 1.165) is 18.9 Å². The number of aromatic amines is 1. The molecule has 0 aromatic carbocycles. The van der Waals surface area contributed by atoms with Crippen LogP contribution in [0.15, 0.2) is 12.4 Å². The number of nitrogens with zero attached hydrogens (tertiary/aromatic N) is 2. The maximum atomic E-state index is 4.22. The quantitative estimate of drug-likeness (QED) is 0.819. The molecule has 1 aliphatic rings. The fourth-order valence-electron chi connectivity index (χ4n) is 2.49. The fourth-order valence-corrected chi connectivity index (χ4v) is 2.49. The Balaban J connectivity index is 1.76. The fraction of sp³-hybridized carbons (Fsp3) is 0.769. The first-order valence-corrected chi connectivity index (χ1v) is 6.62. The maximum Gasteiger partial charge on any atom is 0.120 e. The highest BCUT2D eigenvalue weighted by Crippen LogP contribution is 2.19. The second-order valence-corrected chi connectivity index (χ2v) is 5.50. The molecule has 4 nitrogen and oxygen atoms in total. The molecule has 0 aliphatic carbocycles. The van der Waals surface area contributed by atoms with E-state index in [4.69, 9.17) is 0 Å². The van der Waals surface area contributed by atoms with Crippen LogP contribution in [0.3, 0.4) is 0 Å². The number of hydrogen-bond acceptors (Lipinski definition) is 3. The van der Waals surface area contributed by atoms with Crippen LogP contribution in [0.25, 0.3) is 0 Å². The molecule has 0 saturated carbocycles. The monoisotopic (exact) mass is 236 g/mol. The summed E-state index contributed by atoms with van der Waals surface area (Å²) in [7, 11) is 0. The van der Waals surface area contributed by atoms with Crippen molar-refractivity contribution in [1.82, 2.24) is 20.2 Å². The summed E-state index contributed by atoms with van der Waals surface area (Å²) in [6.07, 6.45) is 7.76. The van der Waals surface area contributed by atoms with Gasteiger partial charge in [-0.3, -0.25) is 4.90 Å². The van der Waals surface area contributed by atoms with E-state index in [1.54, 1.807) is 6.20 Å². The van der Waals surface area contributed by atoms with Crippen molar-refractivity contribution in [3.8, 4) is 0 Å². The predicted octanol–water partition coefficient (Wildman–Crippen LogP) is 1.76. The van der Waals surface area contributed by atoms with E-state index in [1.807, 2.05) is 6.20 Å². The Labute approximate surface area is 104 Å². The summed E-state index contributed by atoms with van der Waals surface area (Å²) < 4.78 is 0. The lowest BCUT2D eigenvalue weighted by Gasteiger charge is -2.41. The average Bonchev–Trinajstić information content (AvgIpc) is 2.83. The second kappa shape index (κ2) is 5.65. The molecule has 2 heterocycles. The van der Waals surface area contributed by atoms with Gasteiger partial charge in [0.05, 0.1) is 6.54 Å². The third-order valence-corrected chi connectivity index (χ3v) is 3.62. The van der Waals surface area contributed by atoms with E-state index < -0.39 is 0 Å². The van der Waals surface area contributed by atoms with Gasteiger partial charge in [-0.1, -0.05) is 6.42 Å². The molecule has 96 valence electrons. The minimum absolute atomic E-state index is 0.243. The van der Waals surface area contributed by atoms with E-state index >= 15 is 0 Å². The van der Waals surface area contributed by atoms with Crippen LogP contribution < -0.4 is 5.32 Å². The van der Waals surface area contributed by atoms with E-state index in [-0.39, 0.29) is 5.54 Å². The third-order valence-electron chi connectivity index (χ3n) is 3.62. The van der Waals surface area contributed by atoms with Crippen molar-refractivity contribution in [3.05, 3.63) is 18.2 Å². The summed E-state index contributed by atoms with van der Waals surface area (Å²) >= 11 is 0. The molecule has 0 radical (unpaired) electrons. The van der Waals surface area contributed by atoms with Gasteiger partial charge in [0.15, 0.2) is 0 Å². The first kappa shape index (κ1) is 12.6. The van der Waals surface area contributed by atoms with Crippen LogP contribution in [0.2, 0.25) is 0 Å². The van der Waals surface area contributed by atoms with Crippen LogP contribution in [0, 0.1) is 0 Å². The predicted molar refractivity (Wildman–Crippen MR) is 69.8 cm³/mol. The van der Waals surface area contributed by atoms with Gasteiger partial charge in [0.2, 0.25) is 0 Å². The van der Waals surface area contributed by atoms with Crippen molar-refractivity contribution >= 4 is 0 Å². The minimum atomic E-state index is 0.243. The second-order valence-electron chi connectivity index (χ2n) is 5.50. The Hall–Kier alpha value is -0.870. The standard InChI is InChI=1S/C13H24N4/c1-13(2,17-8-4-3-5-9-17)11-14-10-12-15-6-7-16-12/h6-7,14H,3-5,8-11H2,1-2H3,(H,15,16). The first-order valence-electron chi connectivity index (χ1n) is 6.62. The zero-order valence-corrected chi connectivity index (χ0v) is 11.0. The van der Waals surface area contributed by atoms with Crippen molar-refractivity contribution in [2.45, 2.75) is 45.2 Å². The Morgan fingerprint density at radius 3 is 2.76 bits per heavy atom. The molecule has 17 heavy (non-hydrogen) atoms. The molecule has 0 amide bonds. The summed E-state index contributed by atoms with van der Waals surface area (Å²) in [5.41, 5.74) is 0.243. The molecule has 0 bridgehead atoms. The number of H-pyrrole nitrogens is 1. The van der Waals surface area contributed by atoms with Crippen LogP contribution in [-0.4, -0.2) is 40.0 Å². The van der Waals surface area contributed by atoms with Crippen molar-refractivity contribution in [1.29, 1.82) is 0 Å². The summed E-state index contributed by atoms with van der Waals surface area (Å²) in [5, 5.41) is 3.49. The van der Waals surface area contributed by atoms with Crippen molar-refractivity contribution in [2.75, 3.05) is 19.6 Å². The number of imidazole rings is 1. The molecule has 4 heteroatoms. The van der Waals surface area contributed by atoms with E-state index in [1.165, 1.54) is 32.4 Å². The topological polar surface area (TPSA) is 44.0 Å². The molecule has 0 spiro atoms. The molecule has 1 aliphatic heterocycles. The molecule has 2 N–H and O–H groups in total. The molecule has 0 atom stereocenters. The van der Waals surface area contributed by atoms with Crippen LogP contribution in [0.5, 0.6) is 0 Å². The van der Waals surface area contributed by atoms with Gasteiger partial charge >= 0.3 is 0 Å². The molecule has 1 fully saturated rings. The number of piperidine rings is 1. The lowest BCUT2D eigenvalue weighted by atomic mass is 9.98. The zero-order chi connectivity index (χ0) is 12.1. The average molecular weight is 236 g/mol. The first-order chi connectivity index (χ1) is 8.18. The van der Waals surface area contributed by atoms with E-state index in [9.17, 15) is 0 Å². The lowest BCUT2D eigenvalue weighted by Crippen LogP contribution is -2.52. The van der Waals surface area contributed by atoms with Gasteiger partial charge in [-0.05, 0) is 39.8 Å². The molecule has 1 aromatic rings. The Kier molecular flexibility index (Phi) is 4.18. The summed E-state index contributed by atoms with van der Waals surface area (Å²) in [6, 6.07) is 0. The number of likely N-dealkylation sites (tertiary alicyclic amines) is 1. The highest BCUT2D eigenvalue weighted by molar-refractivity contribution is 4.89. The Bertz CT molecular complexity index is 312. The van der Waals surface area contributed by atoms with Crippen LogP contribution in [0.1, 0.15) is 38.9 Å². The zero-order valence-electron chi connectivity index (χ0n) is 11.0. The molecule has 1 saturated heterocycles. The van der Waals surface area contributed by atoms with Crippen molar-refractivity contribution in [2.24, 2.45) is 0 Å². The van der Waals surface area contributed by atoms with Gasteiger partial charge in [-0.15, -0.1) is 0 Å². The molecule has 1 aromatic heterocycles. The largest absolute Gasteiger partial charge is 0.348 e. The van der Waals surface area contributed by atoms with Crippen LogP contribution in [0.4, 0.5) is 0 Å². The minimum Gasteiger partial charge on any atom is -0.348 e. The van der Waals surface area contributed by atoms with Gasteiger partial charge in [0.25, 0.3) is 0 Å². The maximum absolute atomic E-state index is 4.22.